The van der Waals surface area contributed by atoms with Crippen molar-refractivity contribution in [1.82, 2.24) is 0 Å². The molecule has 0 spiro atoms. The first-order valence-electron chi connectivity index (χ1n) is 6.61. The number of hydrogen-bond acceptors (Lipinski definition) is 6. The Hall–Kier alpha value is -1.67. The number of rotatable bonds is 6. The van der Waals surface area contributed by atoms with Crippen molar-refractivity contribution in [3.05, 3.63) is 0 Å². The molecule has 0 aromatic rings. The van der Waals surface area contributed by atoms with Gasteiger partial charge in [0.2, 0.25) is 18.5 Å². The Morgan fingerprint density at radius 1 is 0.440 bits per heavy atom. The van der Waals surface area contributed by atoms with Gasteiger partial charge in [0.25, 0.3) is 0 Å². The van der Waals surface area contributed by atoms with Crippen molar-refractivity contribution in [1.29, 1.82) is 0 Å². The molecule has 0 N–H and O–H groups in total. The summed E-state index contributed by atoms with van der Waals surface area (Å²) >= 11 is 0. The number of halogens is 3. The third-order valence-corrected chi connectivity index (χ3v) is 2.14. The summed E-state index contributed by atoms with van der Waals surface area (Å²) < 4.78 is 35.8. The molecule has 0 aliphatic rings. The number of hydrogen-bond donors (Lipinski definition) is 0. The van der Waals surface area contributed by atoms with E-state index in [-0.39, 0.29) is 17.1 Å². The van der Waals surface area contributed by atoms with Gasteiger partial charge in [0, 0.05) is 0 Å². The number of alkyl halides is 3. The SMILES string of the molecule is CC(=O)C(F)C(C)=O.CC(=O)C(F)C(C)=O.CC(=O)C(F)C(C)=O.[Fe+3]. The average Bonchev–Trinajstić information content (AvgIpc) is 2.45. The normalized spacial score (nSPS) is 9.12. The molecule has 25 heavy (non-hydrogen) atoms. The zero-order chi connectivity index (χ0) is 20.2. The quantitative estimate of drug-likeness (QED) is 0.486. The molecule has 0 saturated carbocycles. The second-order valence-corrected chi connectivity index (χ2v) is 4.75. The van der Waals surface area contributed by atoms with E-state index in [9.17, 15) is 41.9 Å². The molecule has 0 aromatic heterocycles. The summed E-state index contributed by atoms with van der Waals surface area (Å²) in [5, 5.41) is 0. The van der Waals surface area contributed by atoms with Gasteiger partial charge in [-0.1, -0.05) is 0 Å². The summed E-state index contributed by atoms with van der Waals surface area (Å²) in [4.78, 5) is 59.9. The fourth-order valence-corrected chi connectivity index (χ4v) is 0.859. The maximum Gasteiger partial charge on any atom is 3.00 e. The predicted octanol–water partition coefficient (Wildman–Crippen LogP) is 1.50. The standard InChI is InChI=1S/3C5H7FO2.Fe/c3*1-3(7)5(6)4(2)8;/h3*5H,1-2H3;/q;;;+3. The first kappa shape index (κ1) is 31.1. The molecule has 0 atom stereocenters. The Balaban J connectivity index is -0.000000130. The van der Waals surface area contributed by atoms with Crippen LogP contribution in [-0.4, -0.2) is 53.2 Å². The number of Topliss-reactive ketones (excluding diaryl/α,β-unsaturated/α-hetero) is 6. The van der Waals surface area contributed by atoms with E-state index in [1.807, 2.05) is 0 Å². The minimum Gasteiger partial charge on any atom is -0.296 e. The summed E-state index contributed by atoms with van der Waals surface area (Å²) in [5.74, 6) is -4.35. The largest absolute Gasteiger partial charge is 3.00 e. The van der Waals surface area contributed by atoms with Crippen LogP contribution in [0.3, 0.4) is 0 Å². The molecule has 0 rings (SSSR count). The summed E-state index contributed by atoms with van der Waals surface area (Å²) in [6.45, 7) is 6.29. The molecule has 6 nitrogen and oxygen atoms in total. The first-order chi connectivity index (χ1) is 10.7. The van der Waals surface area contributed by atoms with E-state index in [0.717, 1.165) is 41.5 Å². The van der Waals surface area contributed by atoms with Crippen LogP contribution in [0.25, 0.3) is 0 Å². The van der Waals surface area contributed by atoms with Crippen molar-refractivity contribution in [3.8, 4) is 0 Å². The van der Waals surface area contributed by atoms with Crippen molar-refractivity contribution in [2.45, 2.75) is 60.1 Å². The molecule has 0 fully saturated rings. The molecule has 0 bridgehead atoms. The fourth-order valence-electron chi connectivity index (χ4n) is 0.859. The van der Waals surface area contributed by atoms with Crippen LogP contribution in [-0.2, 0) is 45.8 Å². The second kappa shape index (κ2) is 15.8. The van der Waals surface area contributed by atoms with Crippen molar-refractivity contribution >= 4 is 34.7 Å². The van der Waals surface area contributed by atoms with Gasteiger partial charge in [0.1, 0.15) is 0 Å². The molecule has 0 heterocycles. The van der Waals surface area contributed by atoms with Crippen molar-refractivity contribution < 1.29 is 59.0 Å². The summed E-state index contributed by atoms with van der Waals surface area (Å²) in [6, 6.07) is 0. The molecule has 1 radical (unpaired) electrons. The van der Waals surface area contributed by atoms with Gasteiger partial charge in [-0.25, -0.2) is 13.2 Å². The molecule has 0 aromatic carbocycles. The van der Waals surface area contributed by atoms with Crippen molar-refractivity contribution in [3.63, 3.8) is 0 Å². The Bertz CT molecular complexity index is 394. The molecule has 0 unspecified atom stereocenters. The smallest absolute Gasteiger partial charge is 0.296 e. The molecular weight excluding hydrogens is 389 g/mol. The van der Waals surface area contributed by atoms with E-state index in [1.165, 1.54) is 0 Å². The molecule has 0 saturated heterocycles. The Morgan fingerprint density at radius 2 is 0.520 bits per heavy atom. The van der Waals surface area contributed by atoms with Gasteiger partial charge in [-0.15, -0.1) is 0 Å². The maximum absolute atomic E-state index is 11.9. The van der Waals surface area contributed by atoms with Gasteiger partial charge in [0.05, 0.1) is 0 Å². The molecule has 0 amide bonds. The van der Waals surface area contributed by atoms with Gasteiger partial charge in [0.15, 0.2) is 34.7 Å². The number of carbonyl (C=O) groups is 6. The molecule has 0 aliphatic carbocycles. The molecular formula is C15H21F3FeO6+3. The Morgan fingerprint density at radius 3 is 0.520 bits per heavy atom. The van der Waals surface area contributed by atoms with Crippen LogP contribution >= 0.6 is 0 Å². The third-order valence-electron chi connectivity index (χ3n) is 2.14. The van der Waals surface area contributed by atoms with Crippen LogP contribution in [0.1, 0.15) is 41.5 Å². The molecule has 143 valence electrons. The van der Waals surface area contributed by atoms with Gasteiger partial charge in [-0.05, 0) is 41.5 Å². The van der Waals surface area contributed by atoms with E-state index in [2.05, 4.69) is 0 Å². The zero-order valence-electron chi connectivity index (χ0n) is 14.7. The minimum absolute atomic E-state index is 0. The van der Waals surface area contributed by atoms with Crippen LogP contribution in [0, 0.1) is 0 Å². The van der Waals surface area contributed by atoms with Gasteiger partial charge in [-0.2, -0.15) is 0 Å². The summed E-state index contributed by atoms with van der Waals surface area (Å²) in [7, 11) is 0. The van der Waals surface area contributed by atoms with Gasteiger partial charge < -0.3 is 0 Å². The fraction of sp³-hybridized carbons (Fsp3) is 0.600. The Labute approximate surface area is 154 Å². The second-order valence-electron chi connectivity index (χ2n) is 4.75. The van der Waals surface area contributed by atoms with Crippen LogP contribution in [0.4, 0.5) is 13.2 Å². The van der Waals surface area contributed by atoms with E-state index in [0.29, 0.717) is 0 Å². The maximum atomic E-state index is 11.9. The minimum atomic E-state index is -1.91. The van der Waals surface area contributed by atoms with Gasteiger partial charge >= 0.3 is 17.1 Å². The zero-order valence-corrected chi connectivity index (χ0v) is 15.8. The Kier molecular flexibility index (Phi) is 19.7. The van der Waals surface area contributed by atoms with Crippen LogP contribution in [0.5, 0.6) is 0 Å². The topological polar surface area (TPSA) is 102 Å². The monoisotopic (exact) mass is 410 g/mol. The first-order valence-corrected chi connectivity index (χ1v) is 6.61. The van der Waals surface area contributed by atoms with E-state index in [1.54, 1.807) is 0 Å². The summed E-state index contributed by atoms with van der Waals surface area (Å²) in [5.41, 5.74) is 0. The van der Waals surface area contributed by atoms with Crippen LogP contribution in [0.2, 0.25) is 0 Å². The molecule has 10 heteroatoms. The van der Waals surface area contributed by atoms with Crippen LogP contribution in [0.15, 0.2) is 0 Å². The van der Waals surface area contributed by atoms with Gasteiger partial charge in [-0.3, -0.25) is 28.8 Å². The van der Waals surface area contributed by atoms with E-state index in [4.69, 9.17) is 0 Å². The average molecular weight is 410 g/mol. The third kappa shape index (κ3) is 18.5. The van der Waals surface area contributed by atoms with Crippen molar-refractivity contribution in [2.24, 2.45) is 0 Å². The number of carbonyl (C=O) groups excluding carboxylic acids is 6. The number of ketones is 6. The molecule has 0 aliphatic heterocycles. The summed E-state index contributed by atoms with van der Waals surface area (Å²) in [6.07, 6.45) is -5.72. The van der Waals surface area contributed by atoms with E-state index < -0.39 is 53.2 Å². The van der Waals surface area contributed by atoms with Crippen LogP contribution < -0.4 is 0 Å². The van der Waals surface area contributed by atoms with Crippen molar-refractivity contribution in [2.75, 3.05) is 0 Å². The predicted molar refractivity (Wildman–Crippen MR) is 78.8 cm³/mol. The van der Waals surface area contributed by atoms with E-state index >= 15 is 0 Å².